The maximum absolute atomic E-state index is 8.39. The van der Waals surface area contributed by atoms with Crippen LogP contribution in [0.1, 0.15) is 15.2 Å². The molecule has 7 rings (SSSR count). The molecule has 0 N–H and O–H groups in total. The second-order valence-electron chi connectivity index (χ2n) is 12.0. The predicted molar refractivity (Wildman–Crippen MR) is 173 cm³/mol. The van der Waals surface area contributed by atoms with Crippen LogP contribution in [0.15, 0.2) is 102 Å². The highest BCUT2D eigenvalue weighted by atomic mass is 28.3. The number of hydrogen-bond donors (Lipinski definition) is 0. The van der Waals surface area contributed by atoms with Crippen LogP contribution in [-0.2, 0) is 7.05 Å². The molecule has 40 heavy (non-hydrogen) atoms. The Balaban J connectivity index is 1.52. The van der Waals surface area contributed by atoms with E-state index >= 15 is 0 Å². The molecular weight excluding hydrogens is 502 g/mol. The Hall–Kier alpha value is -4.21. The Bertz CT molecular complexity index is 2220. The summed E-state index contributed by atoms with van der Waals surface area (Å²) in [5.41, 5.74) is 7.28. The van der Waals surface area contributed by atoms with E-state index in [0.717, 1.165) is 65.5 Å². The topological polar surface area (TPSA) is 17.0 Å². The number of aromatic nitrogens is 1. The second kappa shape index (κ2) is 8.90. The van der Waals surface area contributed by atoms with Crippen LogP contribution >= 0.6 is 0 Å². The van der Waals surface area contributed by atoms with E-state index in [1.807, 2.05) is 25.4 Å². The number of aryl methyl sites for hydroxylation is 3. The first-order chi connectivity index (χ1) is 20.4. The van der Waals surface area contributed by atoms with E-state index in [-0.39, 0.29) is 0 Å². The van der Waals surface area contributed by atoms with Crippen LogP contribution in [0, 0.1) is 13.8 Å². The summed E-state index contributed by atoms with van der Waals surface area (Å²) in [7, 11) is 0.0869. The molecule has 3 heteroatoms. The average Bonchev–Trinajstić information content (AvgIpc) is 3.35. The van der Waals surface area contributed by atoms with Crippen molar-refractivity contribution in [3.05, 3.63) is 108 Å². The standard InChI is InChI=1S/C37H34NOSi/c1-23-12-17-30-31-19-15-26-13-14-28-21-27(25-10-8-7-9-11-25)16-18-29(28)35(26)37(31)39-36(30)34(23)32-20-24(2)33(22-38(32)3)40(4,5)6/h7-22H,1-6H3/q+1/i2D3. The zero-order valence-corrected chi connectivity index (χ0v) is 24.6. The highest BCUT2D eigenvalue weighted by molar-refractivity contribution is 6.88. The van der Waals surface area contributed by atoms with Crippen LogP contribution < -0.4 is 9.75 Å². The second-order valence-corrected chi connectivity index (χ2v) is 17.0. The molecule has 0 fully saturated rings. The van der Waals surface area contributed by atoms with Crippen LogP contribution in [0.5, 0.6) is 0 Å². The Morgan fingerprint density at radius 3 is 2.17 bits per heavy atom. The van der Waals surface area contributed by atoms with Crippen molar-refractivity contribution < 1.29 is 13.1 Å². The lowest BCUT2D eigenvalue weighted by molar-refractivity contribution is -0.659. The maximum Gasteiger partial charge on any atom is 0.216 e. The molecule has 0 atom stereocenters. The van der Waals surface area contributed by atoms with Gasteiger partial charge in [0.25, 0.3) is 0 Å². The van der Waals surface area contributed by atoms with Gasteiger partial charge in [-0.3, -0.25) is 0 Å². The number of rotatable bonds is 3. The van der Waals surface area contributed by atoms with Gasteiger partial charge in [-0.2, -0.15) is 0 Å². The SMILES string of the molecule is [2H]C([2H])([2H])c1cc(-c2c(C)ccc3c2oc2c3ccc3ccc4cc(-c5ccccc5)ccc4c32)[n+](C)cc1[Si](C)(C)C. The average molecular weight is 540 g/mol. The predicted octanol–water partition coefficient (Wildman–Crippen LogP) is 9.21. The Labute approximate surface area is 240 Å². The molecule has 196 valence electrons. The number of nitrogens with zero attached hydrogens (tertiary/aromatic N) is 1. The fraction of sp³-hybridized carbons (Fsp3) is 0.162. The fourth-order valence-electron chi connectivity index (χ4n) is 6.17. The zero-order chi connectivity index (χ0) is 30.3. The molecule has 2 heterocycles. The third kappa shape index (κ3) is 3.80. The number of furan rings is 1. The molecule has 0 bridgehead atoms. The first-order valence-corrected chi connectivity index (χ1v) is 17.3. The summed E-state index contributed by atoms with van der Waals surface area (Å²) in [4.78, 5) is 0. The molecule has 0 aliphatic heterocycles. The highest BCUT2D eigenvalue weighted by Crippen LogP contribution is 2.42. The smallest absolute Gasteiger partial charge is 0.216 e. The first-order valence-electron chi connectivity index (χ1n) is 15.3. The minimum Gasteiger partial charge on any atom is -0.454 e. The number of pyridine rings is 1. The number of benzene rings is 5. The molecule has 7 aromatic rings. The maximum atomic E-state index is 8.39. The zero-order valence-electron chi connectivity index (χ0n) is 26.6. The Kier molecular flexibility index (Phi) is 4.81. The van der Waals surface area contributed by atoms with Crippen molar-refractivity contribution in [1.29, 1.82) is 0 Å². The van der Waals surface area contributed by atoms with E-state index in [9.17, 15) is 0 Å². The van der Waals surface area contributed by atoms with E-state index in [0.29, 0.717) is 5.56 Å². The first kappa shape index (κ1) is 21.6. The van der Waals surface area contributed by atoms with Gasteiger partial charge in [-0.05, 0) is 64.3 Å². The molecule has 0 saturated heterocycles. The highest BCUT2D eigenvalue weighted by Gasteiger charge is 2.27. The molecular formula is C37H34NOSi+. The third-order valence-corrected chi connectivity index (χ3v) is 10.3. The van der Waals surface area contributed by atoms with Gasteiger partial charge in [-0.1, -0.05) is 92.4 Å². The Morgan fingerprint density at radius 2 is 1.40 bits per heavy atom. The lowest BCUT2D eigenvalue weighted by atomic mass is 9.95. The normalized spacial score (nSPS) is 13.7. The summed E-state index contributed by atoms with van der Waals surface area (Å²) < 4.78 is 34.1. The summed E-state index contributed by atoms with van der Waals surface area (Å²) in [6, 6.07) is 31.9. The van der Waals surface area contributed by atoms with E-state index in [1.165, 1.54) is 11.1 Å². The van der Waals surface area contributed by atoms with Crippen molar-refractivity contribution in [2.24, 2.45) is 7.05 Å². The van der Waals surface area contributed by atoms with Crippen molar-refractivity contribution in [3.8, 4) is 22.4 Å². The van der Waals surface area contributed by atoms with E-state index in [4.69, 9.17) is 8.53 Å². The van der Waals surface area contributed by atoms with Gasteiger partial charge in [0.05, 0.1) is 13.6 Å². The molecule has 2 aromatic heterocycles. The van der Waals surface area contributed by atoms with Crippen LogP contribution in [0.25, 0.3) is 65.9 Å². The molecule has 5 aromatic carbocycles. The molecule has 0 radical (unpaired) electrons. The van der Waals surface area contributed by atoms with Gasteiger partial charge >= 0.3 is 0 Å². The summed E-state index contributed by atoms with van der Waals surface area (Å²) >= 11 is 0. The molecule has 0 saturated carbocycles. The molecule has 0 unspecified atom stereocenters. The summed E-state index contributed by atoms with van der Waals surface area (Å²) in [6.45, 7) is 6.45. The van der Waals surface area contributed by atoms with Gasteiger partial charge in [0, 0.05) is 31.5 Å². The summed E-state index contributed by atoms with van der Waals surface area (Å²) in [5.74, 6) is 0. The van der Waals surface area contributed by atoms with Gasteiger partial charge in [-0.15, -0.1) is 0 Å². The van der Waals surface area contributed by atoms with Crippen molar-refractivity contribution >= 4 is 56.7 Å². The van der Waals surface area contributed by atoms with Crippen LogP contribution in [0.4, 0.5) is 0 Å². The molecule has 0 aliphatic carbocycles. The molecule has 2 nitrogen and oxygen atoms in total. The van der Waals surface area contributed by atoms with Gasteiger partial charge in [0.15, 0.2) is 6.20 Å². The third-order valence-electron chi connectivity index (χ3n) is 8.26. The van der Waals surface area contributed by atoms with Crippen molar-refractivity contribution in [3.63, 3.8) is 0 Å². The molecule has 0 spiro atoms. The largest absolute Gasteiger partial charge is 0.454 e. The van der Waals surface area contributed by atoms with E-state index in [2.05, 4.69) is 110 Å². The molecule has 0 aliphatic rings. The van der Waals surface area contributed by atoms with Crippen molar-refractivity contribution in [2.75, 3.05) is 0 Å². The van der Waals surface area contributed by atoms with Gasteiger partial charge in [-0.25, -0.2) is 4.57 Å². The van der Waals surface area contributed by atoms with E-state index in [1.54, 1.807) is 0 Å². The van der Waals surface area contributed by atoms with Crippen LogP contribution in [0.2, 0.25) is 19.6 Å². The van der Waals surface area contributed by atoms with Gasteiger partial charge in [0.1, 0.15) is 18.2 Å². The quantitative estimate of drug-likeness (QED) is 0.124. The fourth-order valence-corrected chi connectivity index (χ4v) is 7.63. The molecule has 0 amide bonds. The van der Waals surface area contributed by atoms with Crippen molar-refractivity contribution in [2.45, 2.75) is 33.4 Å². The summed E-state index contributed by atoms with van der Waals surface area (Å²) in [6.07, 6.45) is 2.04. The van der Waals surface area contributed by atoms with Gasteiger partial charge < -0.3 is 4.42 Å². The Morgan fingerprint density at radius 1 is 0.700 bits per heavy atom. The van der Waals surface area contributed by atoms with Crippen molar-refractivity contribution in [1.82, 2.24) is 0 Å². The number of fused-ring (bicyclic) bond motifs is 7. The monoisotopic (exact) mass is 539 g/mol. The lowest BCUT2D eigenvalue weighted by Crippen LogP contribution is -2.46. The number of hydrogen-bond acceptors (Lipinski definition) is 1. The minimum absolute atomic E-state index is 0.443. The summed E-state index contributed by atoms with van der Waals surface area (Å²) in [5, 5.41) is 7.57. The minimum atomic E-state index is -2.21. The van der Waals surface area contributed by atoms with Gasteiger partial charge in [0.2, 0.25) is 5.69 Å². The van der Waals surface area contributed by atoms with Crippen LogP contribution in [-0.4, -0.2) is 8.07 Å². The lowest BCUT2D eigenvalue weighted by Gasteiger charge is -2.18. The van der Waals surface area contributed by atoms with Crippen LogP contribution in [0.3, 0.4) is 0 Å². The van der Waals surface area contributed by atoms with E-state index < -0.39 is 14.9 Å².